The van der Waals surface area contributed by atoms with Gasteiger partial charge in [0.25, 0.3) is 5.88 Å². The van der Waals surface area contributed by atoms with Crippen LogP contribution >= 0.6 is 23.2 Å². The lowest BCUT2D eigenvalue weighted by Crippen LogP contribution is -2.43. The zero-order valence-corrected chi connectivity index (χ0v) is 20.9. The first-order valence-corrected chi connectivity index (χ1v) is 11.8. The number of hydrogen-bond donors (Lipinski definition) is 2. The molecule has 1 aliphatic carbocycles. The van der Waals surface area contributed by atoms with E-state index in [-0.39, 0.29) is 40.4 Å². The molecule has 8 nitrogen and oxygen atoms in total. The van der Waals surface area contributed by atoms with Crippen molar-refractivity contribution in [3.63, 3.8) is 0 Å². The second-order valence-corrected chi connectivity index (χ2v) is 9.46. The molecule has 1 aliphatic rings. The van der Waals surface area contributed by atoms with Crippen molar-refractivity contribution in [1.82, 2.24) is 20.3 Å². The van der Waals surface area contributed by atoms with Gasteiger partial charge >= 0.3 is 12.3 Å². The Hall–Kier alpha value is -3.15. The highest BCUT2D eigenvalue weighted by molar-refractivity contribution is 6.42. The van der Waals surface area contributed by atoms with Crippen LogP contribution in [0.2, 0.25) is 10.0 Å². The molecule has 1 amide bonds. The first-order chi connectivity index (χ1) is 17.4. The standard InChI is InChI=1S/C24H21Cl2F3N4O4/c1-23(35,14-6-7-14)12-31-22(34)37-21-19(24(27,28)29)33-20(36-11-15-4-2-3-9-30-15)18(32-21)13-5-8-16(25)17(26)10-13/h2-5,8-10,14,35H,6-7,11-12H2,1H3,(H,31,34). The van der Waals surface area contributed by atoms with Crippen molar-refractivity contribution in [3.05, 3.63) is 64.0 Å². The zero-order chi connectivity index (χ0) is 26.8. The second-order valence-electron chi connectivity index (χ2n) is 8.64. The SMILES string of the molecule is CC(O)(CNC(=O)Oc1nc(-c2ccc(Cl)c(Cl)c2)c(OCc2ccccn2)nc1C(F)(F)F)C1CC1. The van der Waals surface area contributed by atoms with Gasteiger partial charge in [0, 0.05) is 18.3 Å². The van der Waals surface area contributed by atoms with Gasteiger partial charge in [0.1, 0.15) is 12.3 Å². The van der Waals surface area contributed by atoms with E-state index in [9.17, 15) is 23.1 Å². The minimum atomic E-state index is -5.04. The van der Waals surface area contributed by atoms with E-state index in [1.165, 1.54) is 31.3 Å². The summed E-state index contributed by atoms with van der Waals surface area (Å²) in [5, 5.41) is 13.0. The summed E-state index contributed by atoms with van der Waals surface area (Å²) < 4.78 is 52.3. The molecule has 2 aromatic heterocycles. The van der Waals surface area contributed by atoms with Crippen LogP contribution in [0.4, 0.5) is 18.0 Å². The molecule has 37 heavy (non-hydrogen) atoms. The highest BCUT2D eigenvalue weighted by Gasteiger charge is 2.42. The number of nitrogens with zero attached hydrogens (tertiary/aromatic N) is 3. The lowest BCUT2D eigenvalue weighted by molar-refractivity contribution is -0.142. The fourth-order valence-corrected chi connectivity index (χ4v) is 3.74. The number of aliphatic hydroxyl groups is 1. The third-order valence-electron chi connectivity index (χ3n) is 5.61. The number of carbonyl (C=O) groups excluding carboxylic acids is 1. The number of rotatable bonds is 8. The Balaban J connectivity index is 1.69. The van der Waals surface area contributed by atoms with Crippen LogP contribution in [0.5, 0.6) is 11.8 Å². The Morgan fingerprint density at radius 3 is 2.51 bits per heavy atom. The summed E-state index contributed by atoms with van der Waals surface area (Å²) in [5.41, 5.74) is -2.31. The molecule has 3 aromatic rings. The average Bonchev–Trinajstić information content (AvgIpc) is 3.70. The first-order valence-electron chi connectivity index (χ1n) is 11.1. The Kier molecular flexibility index (Phi) is 7.77. The number of pyridine rings is 1. The van der Waals surface area contributed by atoms with E-state index in [2.05, 4.69) is 20.3 Å². The summed E-state index contributed by atoms with van der Waals surface area (Å²) in [6, 6.07) is 9.23. The Labute approximate surface area is 219 Å². The van der Waals surface area contributed by atoms with Gasteiger partial charge in [-0.2, -0.15) is 13.2 Å². The average molecular weight is 557 g/mol. The molecule has 1 aromatic carbocycles. The van der Waals surface area contributed by atoms with E-state index in [1.807, 2.05) is 0 Å². The third-order valence-corrected chi connectivity index (χ3v) is 6.35. The van der Waals surface area contributed by atoms with E-state index in [0.717, 1.165) is 12.8 Å². The molecule has 2 N–H and O–H groups in total. The minimum Gasteiger partial charge on any atom is -0.470 e. The Morgan fingerprint density at radius 2 is 1.89 bits per heavy atom. The largest absolute Gasteiger partial charge is 0.470 e. The number of alkyl halides is 3. The number of benzene rings is 1. The highest BCUT2D eigenvalue weighted by Crippen LogP contribution is 2.41. The number of amides is 1. The van der Waals surface area contributed by atoms with Crippen molar-refractivity contribution < 1.29 is 32.5 Å². The molecular weight excluding hydrogens is 536 g/mol. The van der Waals surface area contributed by atoms with Crippen LogP contribution in [0.1, 0.15) is 31.2 Å². The van der Waals surface area contributed by atoms with Crippen LogP contribution in [0.3, 0.4) is 0 Å². The smallest absolute Gasteiger partial charge is 0.438 e. The van der Waals surface area contributed by atoms with Gasteiger partial charge in [-0.05, 0) is 49.9 Å². The van der Waals surface area contributed by atoms with Gasteiger partial charge in [-0.25, -0.2) is 14.8 Å². The van der Waals surface area contributed by atoms with E-state index in [4.69, 9.17) is 32.7 Å². The first kappa shape index (κ1) is 26.9. The molecule has 1 saturated carbocycles. The number of carbonyl (C=O) groups is 1. The van der Waals surface area contributed by atoms with Crippen LogP contribution in [0, 0.1) is 5.92 Å². The molecule has 0 spiro atoms. The molecule has 0 saturated heterocycles. The Morgan fingerprint density at radius 1 is 1.14 bits per heavy atom. The van der Waals surface area contributed by atoms with E-state index >= 15 is 0 Å². The number of hydrogen-bond acceptors (Lipinski definition) is 7. The minimum absolute atomic E-state index is 0.00452. The third kappa shape index (κ3) is 6.79. The normalized spacial score (nSPS) is 15.1. The molecular formula is C24H21Cl2F3N4O4. The molecule has 196 valence electrons. The topological polar surface area (TPSA) is 106 Å². The molecule has 1 unspecified atom stereocenters. The summed E-state index contributed by atoms with van der Waals surface area (Å²) in [4.78, 5) is 24.0. The van der Waals surface area contributed by atoms with Crippen LogP contribution in [-0.4, -0.2) is 38.3 Å². The van der Waals surface area contributed by atoms with Crippen LogP contribution in [-0.2, 0) is 12.8 Å². The quantitative estimate of drug-likeness (QED) is 0.367. The maximum atomic E-state index is 13.9. The molecule has 0 aliphatic heterocycles. The summed E-state index contributed by atoms with van der Waals surface area (Å²) in [6.45, 7) is 1.11. The highest BCUT2D eigenvalue weighted by atomic mass is 35.5. The number of ether oxygens (including phenoxy) is 2. The molecule has 0 radical (unpaired) electrons. The molecule has 1 atom stereocenters. The summed E-state index contributed by atoms with van der Waals surface area (Å²) >= 11 is 12.1. The van der Waals surface area contributed by atoms with Gasteiger partial charge in [-0.1, -0.05) is 35.3 Å². The van der Waals surface area contributed by atoms with Crippen molar-refractivity contribution in [2.45, 2.75) is 38.1 Å². The van der Waals surface area contributed by atoms with Crippen molar-refractivity contribution in [2.24, 2.45) is 5.92 Å². The lowest BCUT2D eigenvalue weighted by atomic mass is 10.0. The molecule has 0 bridgehead atoms. The van der Waals surface area contributed by atoms with Gasteiger partial charge in [-0.3, -0.25) is 4.98 Å². The second kappa shape index (κ2) is 10.7. The number of aromatic nitrogens is 3. The molecule has 1 fully saturated rings. The Bertz CT molecular complexity index is 1290. The fraction of sp³-hybridized carbons (Fsp3) is 0.333. The summed E-state index contributed by atoms with van der Waals surface area (Å²) in [5.74, 6) is -1.58. The van der Waals surface area contributed by atoms with Gasteiger partial charge in [0.15, 0.2) is 0 Å². The van der Waals surface area contributed by atoms with Crippen molar-refractivity contribution in [3.8, 4) is 23.0 Å². The molecule has 13 heteroatoms. The van der Waals surface area contributed by atoms with E-state index < -0.39 is 35.3 Å². The summed E-state index contributed by atoms with van der Waals surface area (Å²) in [6.07, 6.45) is -3.19. The van der Waals surface area contributed by atoms with Gasteiger partial charge < -0.3 is 19.9 Å². The molecule has 2 heterocycles. The van der Waals surface area contributed by atoms with E-state index in [0.29, 0.717) is 5.69 Å². The van der Waals surface area contributed by atoms with Crippen molar-refractivity contribution in [2.75, 3.05) is 6.54 Å². The number of nitrogens with one attached hydrogen (secondary N) is 1. The fourth-order valence-electron chi connectivity index (χ4n) is 3.44. The van der Waals surface area contributed by atoms with Gasteiger partial charge in [-0.15, -0.1) is 0 Å². The van der Waals surface area contributed by atoms with Gasteiger partial charge in [0.2, 0.25) is 11.6 Å². The molecule has 4 rings (SSSR count). The monoisotopic (exact) mass is 556 g/mol. The van der Waals surface area contributed by atoms with Crippen molar-refractivity contribution in [1.29, 1.82) is 0 Å². The maximum Gasteiger partial charge on any atom is 0.438 e. The van der Waals surface area contributed by atoms with Crippen LogP contribution in [0.15, 0.2) is 42.6 Å². The zero-order valence-electron chi connectivity index (χ0n) is 19.4. The van der Waals surface area contributed by atoms with Crippen LogP contribution in [0.25, 0.3) is 11.3 Å². The van der Waals surface area contributed by atoms with Crippen LogP contribution < -0.4 is 14.8 Å². The van der Waals surface area contributed by atoms with Gasteiger partial charge in [0.05, 0.1) is 21.3 Å². The van der Waals surface area contributed by atoms with E-state index in [1.54, 1.807) is 18.2 Å². The summed E-state index contributed by atoms with van der Waals surface area (Å²) in [7, 11) is 0. The predicted octanol–water partition coefficient (Wildman–Crippen LogP) is 5.69. The maximum absolute atomic E-state index is 13.9. The predicted molar refractivity (Wildman–Crippen MR) is 128 cm³/mol. The lowest BCUT2D eigenvalue weighted by Gasteiger charge is -2.23. The van der Waals surface area contributed by atoms with Crippen molar-refractivity contribution >= 4 is 29.3 Å². The number of halogens is 5.